The van der Waals surface area contributed by atoms with E-state index < -0.39 is 28.1 Å². The Balaban J connectivity index is 2.75. The predicted molar refractivity (Wildman–Crippen MR) is 67.0 cm³/mol. The van der Waals surface area contributed by atoms with Gasteiger partial charge in [-0.1, -0.05) is 18.2 Å². The average molecular weight is 312 g/mol. The van der Waals surface area contributed by atoms with E-state index in [0.29, 0.717) is 0 Å². The molecule has 0 aliphatic carbocycles. The molecule has 0 aliphatic heterocycles. The van der Waals surface area contributed by atoms with Gasteiger partial charge in [-0.05, 0) is 18.9 Å². The summed E-state index contributed by atoms with van der Waals surface area (Å²) < 4.78 is 62.4. The van der Waals surface area contributed by atoms with Gasteiger partial charge in [0.2, 0.25) is 0 Å². The quantitative estimate of drug-likeness (QED) is 0.876. The molecule has 0 aromatic heterocycles. The maximum absolute atomic E-state index is 12.2. The van der Waals surface area contributed by atoms with E-state index >= 15 is 0 Å². The number of ether oxygens (including phenoxy) is 1. The van der Waals surface area contributed by atoms with Gasteiger partial charge in [0, 0.05) is 17.6 Å². The van der Waals surface area contributed by atoms with E-state index in [2.05, 4.69) is 4.74 Å². The molecule has 1 aromatic carbocycles. The first kappa shape index (κ1) is 16.8. The molecule has 1 unspecified atom stereocenters. The number of para-hydroxylation sites is 1. The molecule has 0 saturated heterocycles. The molecule has 1 aromatic rings. The van der Waals surface area contributed by atoms with Crippen LogP contribution >= 0.6 is 0 Å². The van der Waals surface area contributed by atoms with Gasteiger partial charge in [0.1, 0.15) is 15.6 Å². The van der Waals surface area contributed by atoms with Crippen molar-refractivity contribution in [3.8, 4) is 5.75 Å². The van der Waals surface area contributed by atoms with Crippen molar-refractivity contribution in [2.24, 2.45) is 0 Å². The van der Waals surface area contributed by atoms with E-state index in [1.807, 2.05) is 0 Å². The fourth-order valence-electron chi connectivity index (χ4n) is 1.67. The Bertz CT molecular complexity index is 540. The normalized spacial score (nSPS) is 14.1. The zero-order valence-corrected chi connectivity index (χ0v) is 11.5. The standard InChI is InChI=1S/C12H15F3O4S/c1-20(17,18)8-4-6-10(16)9-5-2-3-7-11(9)19-12(13,14)15/h2-3,5,7,10,16H,4,6,8H2,1H3. The van der Waals surface area contributed by atoms with Gasteiger partial charge in [0.05, 0.1) is 6.10 Å². The zero-order valence-electron chi connectivity index (χ0n) is 10.7. The van der Waals surface area contributed by atoms with Crippen molar-refractivity contribution >= 4 is 9.84 Å². The number of sulfone groups is 1. The fourth-order valence-corrected chi connectivity index (χ4v) is 2.36. The Morgan fingerprint density at radius 3 is 2.45 bits per heavy atom. The van der Waals surface area contributed by atoms with Crippen LogP contribution in [0.3, 0.4) is 0 Å². The maximum atomic E-state index is 12.2. The van der Waals surface area contributed by atoms with Gasteiger partial charge in [-0.3, -0.25) is 0 Å². The van der Waals surface area contributed by atoms with Crippen molar-refractivity contribution in [3.63, 3.8) is 0 Å². The second-order valence-corrected chi connectivity index (χ2v) is 6.63. The number of aliphatic hydroxyl groups excluding tert-OH is 1. The highest BCUT2D eigenvalue weighted by Gasteiger charge is 2.32. The van der Waals surface area contributed by atoms with Gasteiger partial charge in [0.25, 0.3) is 0 Å². The number of alkyl halides is 3. The summed E-state index contributed by atoms with van der Waals surface area (Å²) in [4.78, 5) is 0. The number of halogens is 3. The molecule has 0 bridgehead atoms. The Morgan fingerprint density at radius 2 is 1.90 bits per heavy atom. The molecular formula is C12H15F3O4S. The third-order valence-corrected chi connectivity index (χ3v) is 3.53. The monoisotopic (exact) mass is 312 g/mol. The van der Waals surface area contributed by atoms with Crippen LogP contribution in [0.2, 0.25) is 0 Å². The van der Waals surface area contributed by atoms with Crippen molar-refractivity contribution in [2.75, 3.05) is 12.0 Å². The molecule has 0 heterocycles. The van der Waals surface area contributed by atoms with Crippen molar-refractivity contribution in [3.05, 3.63) is 29.8 Å². The van der Waals surface area contributed by atoms with Gasteiger partial charge in [-0.15, -0.1) is 13.2 Å². The molecule has 1 atom stereocenters. The number of rotatable bonds is 6. The van der Waals surface area contributed by atoms with Crippen LogP contribution in [0, 0.1) is 0 Å². The lowest BCUT2D eigenvalue weighted by Crippen LogP contribution is -2.18. The van der Waals surface area contributed by atoms with Crippen LogP contribution in [0.1, 0.15) is 24.5 Å². The van der Waals surface area contributed by atoms with Gasteiger partial charge in [-0.2, -0.15) is 0 Å². The zero-order chi connectivity index (χ0) is 15.4. The minimum Gasteiger partial charge on any atom is -0.405 e. The number of hydrogen-bond acceptors (Lipinski definition) is 4. The number of benzene rings is 1. The molecule has 20 heavy (non-hydrogen) atoms. The summed E-state index contributed by atoms with van der Waals surface area (Å²) in [6.45, 7) is 0. The van der Waals surface area contributed by atoms with Crippen LogP contribution in [0.15, 0.2) is 24.3 Å². The molecule has 0 spiro atoms. The van der Waals surface area contributed by atoms with Crippen molar-refractivity contribution in [1.29, 1.82) is 0 Å². The summed E-state index contributed by atoms with van der Waals surface area (Å²) >= 11 is 0. The van der Waals surface area contributed by atoms with E-state index in [1.165, 1.54) is 18.2 Å². The molecular weight excluding hydrogens is 297 g/mol. The summed E-state index contributed by atoms with van der Waals surface area (Å²) in [7, 11) is -3.16. The minimum absolute atomic E-state index is 0.0154. The molecule has 0 aliphatic rings. The van der Waals surface area contributed by atoms with Crippen LogP contribution in [0.25, 0.3) is 0 Å². The third-order valence-electron chi connectivity index (χ3n) is 2.50. The van der Waals surface area contributed by atoms with Crippen LogP contribution in [0.5, 0.6) is 5.75 Å². The van der Waals surface area contributed by atoms with Gasteiger partial charge in [0.15, 0.2) is 0 Å². The number of aliphatic hydroxyl groups is 1. The lowest BCUT2D eigenvalue weighted by atomic mass is 10.0. The molecule has 0 saturated carbocycles. The molecule has 1 N–H and O–H groups in total. The Kier molecular flexibility index (Phi) is 5.41. The lowest BCUT2D eigenvalue weighted by Gasteiger charge is -2.17. The molecule has 1 rings (SSSR count). The molecule has 114 valence electrons. The van der Waals surface area contributed by atoms with E-state index in [4.69, 9.17) is 0 Å². The number of hydrogen-bond donors (Lipinski definition) is 1. The molecule has 0 amide bonds. The largest absolute Gasteiger partial charge is 0.573 e. The van der Waals surface area contributed by atoms with Crippen molar-refractivity contribution in [1.82, 2.24) is 0 Å². The fraction of sp³-hybridized carbons (Fsp3) is 0.500. The SMILES string of the molecule is CS(=O)(=O)CCCC(O)c1ccccc1OC(F)(F)F. The van der Waals surface area contributed by atoms with E-state index in [0.717, 1.165) is 12.3 Å². The molecule has 4 nitrogen and oxygen atoms in total. The minimum atomic E-state index is -4.84. The lowest BCUT2D eigenvalue weighted by molar-refractivity contribution is -0.275. The van der Waals surface area contributed by atoms with Gasteiger partial charge >= 0.3 is 6.36 Å². The van der Waals surface area contributed by atoms with Crippen molar-refractivity contribution < 1.29 is 31.4 Å². The first-order valence-corrected chi connectivity index (χ1v) is 7.85. The highest BCUT2D eigenvalue weighted by atomic mass is 32.2. The summed E-state index contributed by atoms with van der Waals surface area (Å²) in [5, 5.41) is 9.85. The van der Waals surface area contributed by atoms with Gasteiger partial charge < -0.3 is 9.84 Å². The summed E-state index contributed by atoms with van der Waals surface area (Å²) in [6, 6.07) is 5.24. The second-order valence-electron chi connectivity index (χ2n) is 4.37. The predicted octanol–water partition coefficient (Wildman–Crippen LogP) is 2.44. The van der Waals surface area contributed by atoms with E-state index in [-0.39, 0.29) is 24.2 Å². The first-order chi connectivity index (χ1) is 9.08. The summed E-state index contributed by atoms with van der Waals surface area (Å²) in [5.74, 6) is -0.612. The Hall–Kier alpha value is -1.28. The van der Waals surface area contributed by atoms with E-state index in [9.17, 15) is 26.7 Å². The first-order valence-electron chi connectivity index (χ1n) is 5.79. The highest BCUT2D eigenvalue weighted by Crippen LogP contribution is 2.32. The van der Waals surface area contributed by atoms with Crippen LogP contribution in [0.4, 0.5) is 13.2 Å². The Morgan fingerprint density at radius 1 is 1.30 bits per heavy atom. The van der Waals surface area contributed by atoms with Gasteiger partial charge in [-0.25, -0.2) is 8.42 Å². The Labute approximate surface area is 115 Å². The average Bonchev–Trinajstić information content (AvgIpc) is 2.25. The molecule has 8 heteroatoms. The van der Waals surface area contributed by atoms with Crippen LogP contribution < -0.4 is 4.74 Å². The van der Waals surface area contributed by atoms with Crippen LogP contribution in [-0.2, 0) is 9.84 Å². The molecule has 0 fully saturated rings. The second kappa shape index (κ2) is 6.45. The smallest absolute Gasteiger partial charge is 0.405 e. The van der Waals surface area contributed by atoms with E-state index in [1.54, 1.807) is 0 Å². The highest BCUT2D eigenvalue weighted by molar-refractivity contribution is 7.90. The topological polar surface area (TPSA) is 63.6 Å². The summed E-state index contributed by atoms with van der Waals surface area (Å²) in [5.41, 5.74) is -0.0154. The van der Waals surface area contributed by atoms with Crippen LogP contribution in [-0.4, -0.2) is 31.9 Å². The summed E-state index contributed by atoms with van der Waals surface area (Å²) in [6.07, 6.45) is -4.82. The maximum Gasteiger partial charge on any atom is 0.573 e. The molecule has 0 radical (unpaired) electrons. The van der Waals surface area contributed by atoms with Crippen molar-refractivity contribution in [2.45, 2.75) is 25.3 Å². The third kappa shape index (κ3) is 6.25.